The van der Waals surface area contributed by atoms with Crippen LogP contribution in [0.3, 0.4) is 0 Å². The first-order valence-electron chi connectivity index (χ1n) is 6.89. The first-order chi connectivity index (χ1) is 9.92. The molecule has 0 N–H and O–H groups in total. The number of para-hydroxylation sites is 1. The summed E-state index contributed by atoms with van der Waals surface area (Å²) < 4.78 is 5.80. The average molecular weight is 261 g/mol. The van der Waals surface area contributed by atoms with Gasteiger partial charge in [0.05, 0.1) is 0 Å². The van der Waals surface area contributed by atoms with Gasteiger partial charge in [0, 0.05) is 0 Å². The van der Waals surface area contributed by atoms with E-state index in [1.165, 1.54) is 16.7 Å². The van der Waals surface area contributed by atoms with Gasteiger partial charge in [0.15, 0.2) is 0 Å². The van der Waals surface area contributed by atoms with Gasteiger partial charge in [0.25, 0.3) is 0 Å². The Labute approximate surface area is 120 Å². The third kappa shape index (κ3) is 3.18. The molecule has 0 fully saturated rings. The third-order valence-corrected chi connectivity index (χ3v) is 3.31. The van der Waals surface area contributed by atoms with Crippen LogP contribution >= 0.6 is 0 Å². The number of benzene rings is 2. The third-order valence-electron chi connectivity index (χ3n) is 3.31. The topological polar surface area (TPSA) is 9.23 Å². The lowest BCUT2D eigenvalue weighted by atomic mass is 9.95. The van der Waals surface area contributed by atoms with Gasteiger partial charge >= 0.3 is 0 Å². The zero-order valence-electron chi connectivity index (χ0n) is 11.3. The lowest BCUT2D eigenvalue weighted by Crippen LogP contribution is -2.04. The largest absolute Gasteiger partial charge is 0.489 e. The van der Waals surface area contributed by atoms with E-state index in [0.29, 0.717) is 6.61 Å². The summed E-state index contributed by atoms with van der Waals surface area (Å²) in [5.74, 6) is 0.914. The highest BCUT2D eigenvalue weighted by molar-refractivity contribution is 5.76. The number of hydrogen-bond donors (Lipinski definition) is 0. The van der Waals surface area contributed by atoms with E-state index >= 15 is 0 Å². The highest BCUT2D eigenvalue weighted by Crippen LogP contribution is 2.25. The van der Waals surface area contributed by atoms with Crippen LogP contribution in [0.1, 0.15) is 12.0 Å². The molecule has 0 bridgehead atoms. The zero-order chi connectivity index (χ0) is 13.6. The Bertz CT molecular complexity index is 609. The van der Waals surface area contributed by atoms with Crippen LogP contribution in [0.25, 0.3) is 5.57 Å². The number of rotatable bonds is 4. The van der Waals surface area contributed by atoms with Crippen molar-refractivity contribution < 1.29 is 4.74 Å². The Morgan fingerprint density at radius 2 is 1.55 bits per heavy atom. The molecule has 2 aromatic rings. The van der Waals surface area contributed by atoms with E-state index in [9.17, 15) is 0 Å². The SMILES string of the molecule is [CH]1CC=C(c2ccccc2)C=C1COc1ccccc1. The van der Waals surface area contributed by atoms with E-state index < -0.39 is 0 Å². The van der Waals surface area contributed by atoms with Crippen LogP contribution in [-0.4, -0.2) is 6.61 Å². The number of ether oxygens (including phenoxy) is 1. The number of hydrogen-bond acceptors (Lipinski definition) is 1. The molecule has 99 valence electrons. The van der Waals surface area contributed by atoms with Crippen LogP contribution in [-0.2, 0) is 0 Å². The minimum absolute atomic E-state index is 0.619. The van der Waals surface area contributed by atoms with Crippen molar-refractivity contribution in [1.82, 2.24) is 0 Å². The van der Waals surface area contributed by atoms with Crippen LogP contribution in [0.15, 0.2) is 78.4 Å². The van der Waals surface area contributed by atoms with Gasteiger partial charge in [-0.05, 0) is 41.7 Å². The van der Waals surface area contributed by atoms with E-state index in [1.807, 2.05) is 36.4 Å². The smallest absolute Gasteiger partial charge is 0.119 e. The van der Waals surface area contributed by atoms with Gasteiger partial charge in [0.1, 0.15) is 12.4 Å². The van der Waals surface area contributed by atoms with E-state index in [0.717, 1.165) is 12.2 Å². The molecule has 20 heavy (non-hydrogen) atoms. The van der Waals surface area contributed by atoms with Crippen molar-refractivity contribution in [3.63, 3.8) is 0 Å². The predicted molar refractivity (Wildman–Crippen MR) is 83.4 cm³/mol. The van der Waals surface area contributed by atoms with Gasteiger partial charge in [-0.15, -0.1) is 0 Å². The van der Waals surface area contributed by atoms with Crippen molar-refractivity contribution in [3.8, 4) is 5.75 Å². The second kappa shape index (κ2) is 6.25. The fraction of sp³-hybridized carbons (Fsp3) is 0.105. The van der Waals surface area contributed by atoms with Crippen LogP contribution in [0.2, 0.25) is 0 Å². The molecule has 1 aliphatic rings. The Balaban J connectivity index is 1.69. The van der Waals surface area contributed by atoms with Crippen molar-refractivity contribution >= 4 is 5.57 Å². The van der Waals surface area contributed by atoms with E-state index in [2.05, 4.69) is 42.8 Å². The molecule has 1 aliphatic carbocycles. The van der Waals surface area contributed by atoms with Crippen LogP contribution in [0.5, 0.6) is 5.75 Å². The highest BCUT2D eigenvalue weighted by Gasteiger charge is 2.08. The predicted octanol–water partition coefficient (Wildman–Crippen LogP) is 4.68. The Hall–Kier alpha value is -2.28. The van der Waals surface area contributed by atoms with Crippen LogP contribution in [0, 0.1) is 6.42 Å². The maximum Gasteiger partial charge on any atom is 0.119 e. The van der Waals surface area contributed by atoms with E-state index in [-0.39, 0.29) is 0 Å². The molecular weight excluding hydrogens is 244 g/mol. The molecule has 0 aliphatic heterocycles. The molecule has 0 unspecified atom stereocenters. The Morgan fingerprint density at radius 1 is 0.850 bits per heavy atom. The van der Waals surface area contributed by atoms with Crippen molar-refractivity contribution in [2.45, 2.75) is 6.42 Å². The molecule has 1 nitrogen and oxygen atoms in total. The summed E-state index contributed by atoms with van der Waals surface area (Å²) in [6.07, 6.45) is 7.65. The first kappa shape index (κ1) is 12.7. The van der Waals surface area contributed by atoms with Crippen molar-refractivity contribution in [2.75, 3.05) is 6.61 Å². The summed E-state index contributed by atoms with van der Waals surface area (Å²) in [6, 6.07) is 20.4. The fourth-order valence-corrected chi connectivity index (χ4v) is 2.27. The van der Waals surface area contributed by atoms with Crippen molar-refractivity contribution in [1.29, 1.82) is 0 Å². The number of allylic oxidation sites excluding steroid dienone is 3. The molecule has 1 heteroatoms. The van der Waals surface area contributed by atoms with Gasteiger partial charge in [-0.1, -0.05) is 60.7 Å². The average Bonchev–Trinajstić information content (AvgIpc) is 2.55. The summed E-state index contributed by atoms with van der Waals surface area (Å²) in [5, 5.41) is 0. The molecule has 0 saturated carbocycles. The van der Waals surface area contributed by atoms with Crippen molar-refractivity contribution in [3.05, 3.63) is 90.4 Å². The molecular formula is C19H17O. The van der Waals surface area contributed by atoms with Gasteiger partial charge in [-0.25, -0.2) is 0 Å². The minimum Gasteiger partial charge on any atom is -0.489 e. The molecule has 3 rings (SSSR count). The Kier molecular flexibility index (Phi) is 3.98. The maximum atomic E-state index is 5.80. The fourth-order valence-electron chi connectivity index (χ4n) is 2.27. The monoisotopic (exact) mass is 261 g/mol. The molecule has 0 saturated heterocycles. The summed E-state index contributed by atoms with van der Waals surface area (Å²) in [4.78, 5) is 0. The molecule has 1 radical (unpaired) electrons. The Morgan fingerprint density at radius 3 is 2.30 bits per heavy atom. The normalized spacial score (nSPS) is 14.4. The first-order valence-corrected chi connectivity index (χ1v) is 6.89. The van der Waals surface area contributed by atoms with Crippen LogP contribution in [0.4, 0.5) is 0 Å². The van der Waals surface area contributed by atoms with Gasteiger partial charge in [-0.2, -0.15) is 0 Å². The van der Waals surface area contributed by atoms with Crippen molar-refractivity contribution in [2.24, 2.45) is 0 Å². The second-order valence-corrected chi connectivity index (χ2v) is 4.79. The maximum absolute atomic E-state index is 5.80. The zero-order valence-corrected chi connectivity index (χ0v) is 11.3. The summed E-state index contributed by atoms with van der Waals surface area (Å²) >= 11 is 0. The van der Waals surface area contributed by atoms with E-state index in [1.54, 1.807) is 0 Å². The molecule has 0 aromatic heterocycles. The summed E-state index contributed by atoms with van der Waals surface area (Å²) in [5.41, 5.74) is 3.77. The summed E-state index contributed by atoms with van der Waals surface area (Å²) in [6.45, 7) is 0.619. The van der Waals surface area contributed by atoms with Gasteiger partial charge < -0.3 is 4.74 Å². The lowest BCUT2D eigenvalue weighted by molar-refractivity contribution is 0.353. The molecule has 0 amide bonds. The van der Waals surface area contributed by atoms with Gasteiger partial charge in [0.2, 0.25) is 0 Å². The quantitative estimate of drug-likeness (QED) is 0.776. The summed E-state index contributed by atoms with van der Waals surface area (Å²) in [7, 11) is 0. The lowest BCUT2D eigenvalue weighted by Gasteiger charge is -2.15. The second-order valence-electron chi connectivity index (χ2n) is 4.79. The molecule has 0 spiro atoms. The minimum atomic E-state index is 0.619. The molecule has 0 atom stereocenters. The molecule has 2 aromatic carbocycles. The molecule has 0 heterocycles. The highest BCUT2D eigenvalue weighted by atomic mass is 16.5. The van der Waals surface area contributed by atoms with E-state index in [4.69, 9.17) is 4.74 Å². The standard InChI is InChI=1S/C19H17O/c1-3-9-17(10-4-1)18-11-7-8-16(14-18)15-20-19-12-5-2-6-13-19/h1-6,8-14H,7,15H2. The van der Waals surface area contributed by atoms with Gasteiger partial charge in [-0.3, -0.25) is 0 Å². The van der Waals surface area contributed by atoms with Crippen LogP contribution < -0.4 is 4.74 Å².